The van der Waals surface area contributed by atoms with E-state index < -0.39 is 0 Å². The van der Waals surface area contributed by atoms with Crippen LogP contribution in [0.5, 0.6) is 0 Å². The fraction of sp³-hybridized carbons (Fsp3) is 0.238. The number of rotatable bonds is 4. The number of thiophene rings is 1. The Morgan fingerprint density at radius 1 is 1.12 bits per heavy atom. The van der Waals surface area contributed by atoms with Gasteiger partial charge in [0.2, 0.25) is 0 Å². The summed E-state index contributed by atoms with van der Waals surface area (Å²) in [6, 6.07) is 15.8. The molecule has 4 heteroatoms. The molecule has 3 aromatic rings. The van der Waals surface area contributed by atoms with Crippen molar-refractivity contribution in [3.8, 4) is 10.6 Å². The van der Waals surface area contributed by atoms with Gasteiger partial charge >= 0.3 is 0 Å². The summed E-state index contributed by atoms with van der Waals surface area (Å²) in [5, 5.41) is 5.02. The Bertz CT molecular complexity index is 846. The number of hydrogen-bond acceptors (Lipinski definition) is 3. The zero-order valence-corrected chi connectivity index (χ0v) is 15.6. The Balaban J connectivity index is 1.65. The first kappa shape index (κ1) is 17.4. The molecular weight excluding hydrogens is 328 g/mol. The van der Waals surface area contributed by atoms with Crippen molar-refractivity contribution in [3.05, 3.63) is 76.8 Å². The van der Waals surface area contributed by atoms with Gasteiger partial charge < -0.3 is 5.32 Å². The molecule has 128 valence electrons. The molecule has 1 aromatic carbocycles. The summed E-state index contributed by atoms with van der Waals surface area (Å²) in [5.74, 6) is -0.0602. The molecule has 0 unspecified atom stereocenters. The molecule has 0 fully saturated rings. The van der Waals surface area contributed by atoms with Crippen LogP contribution in [-0.4, -0.2) is 10.9 Å². The molecule has 0 spiro atoms. The molecule has 1 amide bonds. The SMILES string of the molecule is CC(C)(C)c1ccc(C(=O)NCc2ccnc(-c3cccs3)c2)cc1. The van der Waals surface area contributed by atoms with Crippen LogP contribution in [0, 0.1) is 0 Å². The van der Waals surface area contributed by atoms with Gasteiger partial charge in [0, 0.05) is 18.3 Å². The molecule has 3 rings (SSSR count). The molecule has 0 aliphatic carbocycles. The summed E-state index contributed by atoms with van der Waals surface area (Å²) in [7, 11) is 0. The van der Waals surface area contributed by atoms with Crippen molar-refractivity contribution in [3.63, 3.8) is 0 Å². The van der Waals surface area contributed by atoms with Crippen LogP contribution in [-0.2, 0) is 12.0 Å². The summed E-state index contributed by atoms with van der Waals surface area (Å²) in [5.41, 5.74) is 3.97. The molecule has 0 aliphatic rings. The van der Waals surface area contributed by atoms with E-state index in [4.69, 9.17) is 0 Å². The van der Waals surface area contributed by atoms with E-state index in [1.165, 1.54) is 5.56 Å². The van der Waals surface area contributed by atoms with Crippen LogP contribution < -0.4 is 5.32 Å². The molecular formula is C21H22N2OS. The summed E-state index contributed by atoms with van der Waals surface area (Å²) in [6.45, 7) is 6.98. The third kappa shape index (κ3) is 4.34. The Morgan fingerprint density at radius 3 is 2.52 bits per heavy atom. The van der Waals surface area contributed by atoms with Gasteiger partial charge in [0.1, 0.15) is 0 Å². The zero-order chi connectivity index (χ0) is 17.9. The molecule has 0 saturated heterocycles. The standard InChI is InChI=1S/C21H22N2OS/c1-21(2,3)17-8-6-16(7-9-17)20(24)23-14-15-10-11-22-18(13-15)19-5-4-12-25-19/h4-13H,14H2,1-3H3,(H,23,24). The zero-order valence-electron chi connectivity index (χ0n) is 14.7. The second-order valence-corrected chi connectivity index (χ2v) is 7.98. The van der Waals surface area contributed by atoms with Crippen molar-refractivity contribution in [1.29, 1.82) is 0 Å². The maximum atomic E-state index is 12.4. The lowest BCUT2D eigenvalue weighted by Gasteiger charge is -2.19. The van der Waals surface area contributed by atoms with E-state index in [0.717, 1.165) is 16.1 Å². The molecule has 2 aromatic heterocycles. The molecule has 25 heavy (non-hydrogen) atoms. The van der Waals surface area contributed by atoms with Gasteiger partial charge in [-0.15, -0.1) is 11.3 Å². The van der Waals surface area contributed by atoms with Gasteiger partial charge in [0.25, 0.3) is 5.91 Å². The van der Waals surface area contributed by atoms with Crippen molar-refractivity contribution in [1.82, 2.24) is 10.3 Å². The smallest absolute Gasteiger partial charge is 0.251 e. The normalized spacial score (nSPS) is 11.3. The lowest BCUT2D eigenvalue weighted by Crippen LogP contribution is -2.23. The fourth-order valence-corrected chi connectivity index (χ4v) is 3.24. The maximum Gasteiger partial charge on any atom is 0.251 e. The van der Waals surface area contributed by atoms with E-state index in [0.29, 0.717) is 12.1 Å². The minimum atomic E-state index is -0.0602. The quantitative estimate of drug-likeness (QED) is 0.716. The topological polar surface area (TPSA) is 42.0 Å². The predicted octanol–water partition coefficient (Wildman–Crippen LogP) is 5.04. The van der Waals surface area contributed by atoms with E-state index in [1.807, 2.05) is 53.9 Å². The molecule has 0 aliphatic heterocycles. The number of carbonyl (C=O) groups excluding carboxylic acids is 1. The Labute approximate surface area is 152 Å². The summed E-state index contributed by atoms with van der Waals surface area (Å²) >= 11 is 1.66. The highest BCUT2D eigenvalue weighted by Crippen LogP contribution is 2.23. The number of nitrogens with one attached hydrogen (secondary N) is 1. The van der Waals surface area contributed by atoms with Crippen LogP contribution in [0.25, 0.3) is 10.6 Å². The molecule has 0 bridgehead atoms. The van der Waals surface area contributed by atoms with E-state index in [1.54, 1.807) is 17.5 Å². The predicted molar refractivity (Wildman–Crippen MR) is 104 cm³/mol. The average Bonchev–Trinajstić information content (AvgIpc) is 3.14. The van der Waals surface area contributed by atoms with Crippen LogP contribution in [0.4, 0.5) is 0 Å². The van der Waals surface area contributed by atoms with Gasteiger partial charge in [0.15, 0.2) is 0 Å². The number of pyridine rings is 1. The van der Waals surface area contributed by atoms with Gasteiger partial charge in [-0.1, -0.05) is 39.0 Å². The number of amides is 1. The first-order chi connectivity index (χ1) is 11.9. The number of carbonyl (C=O) groups is 1. The van der Waals surface area contributed by atoms with Crippen molar-refractivity contribution in [2.75, 3.05) is 0 Å². The summed E-state index contributed by atoms with van der Waals surface area (Å²) in [6.07, 6.45) is 1.79. The highest BCUT2D eigenvalue weighted by molar-refractivity contribution is 7.13. The maximum absolute atomic E-state index is 12.4. The molecule has 0 saturated carbocycles. The first-order valence-corrected chi connectivity index (χ1v) is 9.19. The van der Waals surface area contributed by atoms with Gasteiger partial charge in [-0.05, 0) is 52.3 Å². The minimum absolute atomic E-state index is 0.0602. The average molecular weight is 350 g/mol. The van der Waals surface area contributed by atoms with Crippen LogP contribution in [0.2, 0.25) is 0 Å². The highest BCUT2D eigenvalue weighted by atomic mass is 32.1. The molecule has 2 heterocycles. The number of aromatic nitrogens is 1. The number of hydrogen-bond donors (Lipinski definition) is 1. The van der Waals surface area contributed by atoms with E-state index in [9.17, 15) is 4.79 Å². The Morgan fingerprint density at radius 2 is 1.88 bits per heavy atom. The lowest BCUT2D eigenvalue weighted by atomic mass is 9.87. The van der Waals surface area contributed by atoms with Gasteiger partial charge in [-0.3, -0.25) is 9.78 Å². The van der Waals surface area contributed by atoms with Crippen molar-refractivity contribution in [2.45, 2.75) is 32.7 Å². The number of benzene rings is 1. The number of nitrogens with zero attached hydrogens (tertiary/aromatic N) is 1. The van der Waals surface area contributed by atoms with E-state index in [2.05, 4.69) is 31.1 Å². The fourth-order valence-electron chi connectivity index (χ4n) is 2.55. The molecule has 1 N–H and O–H groups in total. The van der Waals surface area contributed by atoms with E-state index >= 15 is 0 Å². The van der Waals surface area contributed by atoms with Crippen molar-refractivity contribution >= 4 is 17.2 Å². The minimum Gasteiger partial charge on any atom is -0.348 e. The van der Waals surface area contributed by atoms with Crippen LogP contribution in [0.15, 0.2) is 60.1 Å². The van der Waals surface area contributed by atoms with Gasteiger partial charge in [-0.2, -0.15) is 0 Å². The van der Waals surface area contributed by atoms with Crippen molar-refractivity contribution in [2.24, 2.45) is 0 Å². The monoisotopic (exact) mass is 350 g/mol. The summed E-state index contributed by atoms with van der Waals surface area (Å²) < 4.78 is 0. The van der Waals surface area contributed by atoms with Gasteiger partial charge in [0.05, 0.1) is 10.6 Å². The van der Waals surface area contributed by atoms with Crippen molar-refractivity contribution < 1.29 is 4.79 Å². The second kappa shape index (κ2) is 7.19. The Kier molecular flexibility index (Phi) is 5.00. The third-order valence-electron chi connectivity index (χ3n) is 4.06. The van der Waals surface area contributed by atoms with Crippen LogP contribution in [0.3, 0.4) is 0 Å². The largest absolute Gasteiger partial charge is 0.348 e. The molecule has 0 atom stereocenters. The first-order valence-electron chi connectivity index (χ1n) is 8.31. The van der Waals surface area contributed by atoms with Crippen LogP contribution >= 0.6 is 11.3 Å². The van der Waals surface area contributed by atoms with Gasteiger partial charge in [-0.25, -0.2) is 0 Å². The third-order valence-corrected chi connectivity index (χ3v) is 4.96. The van der Waals surface area contributed by atoms with Crippen LogP contribution in [0.1, 0.15) is 42.3 Å². The molecule has 3 nitrogen and oxygen atoms in total. The van der Waals surface area contributed by atoms with E-state index in [-0.39, 0.29) is 11.3 Å². The molecule has 0 radical (unpaired) electrons. The summed E-state index contributed by atoms with van der Waals surface area (Å²) in [4.78, 5) is 17.9. The second-order valence-electron chi connectivity index (χ2n) is 7.04. The lowest BCUT2D eigenvalue weighted by molar-refractivity contribution is 0.0951. The highest BCUT2D eigenvalue weighted by Gasteiger charge is 2.14. The Hall–Kier alpha value is -2.46.